The van der Waals surface area contributed by atoms with Crippen LogP contribution in [0.2, 0.25) is 0 Å². The van der Waals surface area contributed by atoms with Gasteiger partial charge in [-0.15, -0.1) is 0 Å². The molecule has 10 heteroatoms. The molecule has 0 saturated carbocycles. The number of hydrogen-bond acceptors (Lipinski definition) is 6. The Morgan fingerprint density at radius 3 is 2.00 bits per heavy atom. The van der Waals surface area contributed by atoms with E-state index in [1.54, 1.807) is 0 Å². The number of hydrogen-bond donors (Lipinski definition) is 4. The first-order valence-corrected chi connectivity index (χ1v) is 9.24. The normalized spacial score (nSPS) is 12.6. The third kappa shape index (κ3) is 12.0. The highest BCUT2D eigenvalue weighted by atomic mass is 16.4. The molecule has 0 aromatic carbocycles. The van der Waals surface area contributed by atoms with E-state index in [9.17, 15) is 9.59 Å². The minimum absolute atomic E-state index is 0.486. The molecule has 1 aromatic heterocycles. The SMILES string of the molecule is CC(=O)[O-].Cc1c[n+](CCCCC(N)C(=O)O)cn1CCCCC(N)C(=O)O. The molecule has 0 radical (unpaired) electrons. The smallest absolute Gasteiger partial charge is 0.320 e. The summed E-state index contributed by atoms with van der Waals surface area (Å²) >= 11 is 0. The van der Waals surface area contributed by atoms with E-state index in [0.29, 0.717) is 12.8 Å². The van der Waals surface area contributed by atoms with Crippen molar-refractivity contribution < 1.29 is 34.3 Å². The van der Waals surface area contributed by atoms with Crippen LogP contribution in [0.5, 0.6) is 0 Å². The third-order valence-electron chi connectivity index (χ3n) is 4.07. The molecule has 1 aromatic rings. The van der Waals surface area contributed by atoms with Gasteiger partial charge in [-0.05, 0) is 45.4 Å². The third-order valence-corrected chi connectivity index (χ3v) is 4.07. The van der Waals surface area contributed by atoms with Gasteiger partial charge >= 0.3 is 11.9 Å². The molecule has 160 valence electrons. The Morgan fingerprint density at radius 2 is 1.54 bits per heavy atom. The average molecular weight is 400 g/mol. The van der Waals surface area contributed by atoms with Gasteiger partial charge in [-0.1, -0.05) is 0 Å². The second-order valence-electron chi connectivity index (χ2n) is 6.69. The van der Waals surface area contributed by atoms with Crippen LogP contribution >= 0.6 is 0 Å². The lowest BCUT2D eigenvalue weighted by Crippen LogP contribution is -2.32. The first kappa shape index (κ1) is 25.5. The number of carbonyl (C=O) groups excluding carboxylic acids is 1. The highest BCUT2D eigenvalue weighted by Gasteiger charge is 2.13. The number of carbonyl (C=O) groups is 3. The summed E-state index contributed by atoms with van der Waals surface area (Å²) in [6.07, 6.45) is 8.37. The molecule has 1 rings (SSSR count). The number of rotatable bonds is 12. The summed E-state index contributed by atoms with van der Waals surface area (Å²) in [6, 6.07) is -1.56. The van der Waals surface area contributed by atoms with Crippen LogP contribution < -0.4 is 21.1 Å². The molecule has 1 heterocycles. The Bertz CT molecular complexity index is 628. The van der Waals surface area contributed by atoms with Gasteiger partial charge < -0.3 is 31.6 Å². The number of nitrogens with two attached hydrogens (primary N) is 2. The number of aliphatic carboxylic acids is 3. The summed E-state index contributed by atoms with van der Waals surface area (Å²) in [5, 5.41) is 26.4. The Balaban J connectivity index is 0.00000165. The molecular formula is C18H32N4O6. The molecule has 2 atom stereocenters. The molecule has 0 aliphatic rings. The lowest BCUT2D eigenvalue weighted by molar-refractivity contribution is -0.697. The summed E-state index contributed by atoms with van der Waals surface area (Å²) in [6.45, 7) is 4.65. The summed E-state index contributed by atoms with van der Waals surface area (Å²) in [5.74, 6) is -2.99. The van der Waals surface area contributed by atoms with Crippen molar-refractivity contribution in [3.63, 3.8) is 0 Å². The molecular weight excluding hydrogens is 368 g/mol. The van der Waals surface area contributed by atoms with E-state index in [1.165, 1.54) is 0 Å². The fraction of sp³-hybridized carbons (Fsp3) is 0.667. The van der Waals surface area contributed by atoms with Crippen molar-refractivity contribution in [1.82, 2.24) is 4.57 Å². The van der Waals surface area contributed by atoms with Gasteiger partial charge in [0.15, 0.2) is 0 Å². The Kier molecular flexibility index (Phi) is 12.5. The Morgan fingerprint density at radius 1 is 1.07 bits per heavy atom. The van der Waals surface area contributed by atoms with Crippen LogP contribution in [0.25, 0.3) is 0 Å². The van der Waals surface area contributed by atoms with Gasteiger partial charge in [-0.3, -0.25) is 9.59 Å². The highest BCUT2D eigenvalue weighted by molar-refractivity contribution is 5.73. The molecule has 0 aliphatic heterocycles. The van der Waals surface area contributed by atoms with Crippen molar-refractivity contribution >= 4 is 17.9 Å². The van der Waals surface area contributed by atoms with Crippen molar-refractivity contribution in [3.05, 3.63) is 18.2 Å². The second kappa shape index (κ2) is 13.7. The molecule has 0 fully saturated rings. The van der Waals surface area contributed by atoms with Crippen molar-refractivity contribution in [1.29, 1.82) is 0 Å². The van der Waals surface area contributed by atoms with E-state index in [0.717, 1.165) is 51.4 Å². The summed E-state index contributed by atoms with van der Waals surface area (Å²) < 4.78 is 4.22. The maximum atomic E-state index is 10.7. The second-order valence-corrected chi connectivity index (χ2v) is 6.69. The molecule has 10 nitrogen and oxygen atoms in total. The zero-order chi connectivity index (χ0) is 21.7. The van der Waals surface area contributed by atoms with E-state index >= 15 is 0 Å². The van der Waals surface area contributed by atoms with Crippen molar-refractivity contribution in [2.75, 3.05) is 0 Å². The number of aromatic nitrogens is 2. The standard InChI is InChI=1S/C16H28N4O4.C2H4O2/c1-12-10-19(8-4-2-6-13(17)15(21)22)11-20(12)9-5-3-7-14(18)16(23)24;1-2(3)4/h10-11,13-14H,2-9,17-18H2,1H3,(H-,21,22,23,24);1H3,(H,3,4). The van der Waals surface area contributed by atoms with Gasteiger partial charge in [-0.2, -0.15) is 0 Å². The summed E-state index contributed by atoms with van der Waals surface area (Å²) in [4.78, 5) is 30.2. The predicted molar refractivity (Wildman–Crippen MR) is 99.0 cm³/mol. The maximum absolute atomic E-state index is 10.7. The minimum atomic E-state index is -1.08. The zero-order valence-electron chi connectivity index (χ0n) is 16.5. The fourth-order valence-corrected chi connectivity index (χ4v) is 2.53. The quantitative estimate of drug-likeness (QED) is 0.255. The summed E-state index contributed by atoms with van der Waals surface area (Å²) in [7, 11) is 0. The molecule has 2 unspecified atom stereocenters. The highest BCUT2D eigenvalue weighted by Crippen LogP contribution is 2.05. The molecule has 28 heavy (non-hydrogen) atoms. The number of nitrogens with zero attached hydrogens (tertiary/aromatic N) is 2. The van der Waals surface area contributed by atoms with E-state index in [2.05, 4.69) is 15.3 Å². The van der Waals surface area contributed by atoms with Crippen molar-refractivity contribution in [2.45, 2.75) is 77.5 Å². The van der Waals surface area contributed by atoms with E-state index in [4.69, 9.17) is 31.6 Å². The topological polar surface area (TPSA) is 176 Å². The lowest BCUT2D eigenvalue weighted by Gasteiger charge is -2.05. The first-order valence-electron chi connectivity index (χ1n) is 9.24. The number of imidazole rings is 1. The monoisotopic (exact) mass is 400 g/mol. The van der Waals surface area contributed by atoms with Crippen LogP contribution in [0.1, 0.15) is 51.1 Å². The first-order chi connectivity index (χ1) is 13.0. The van der Waals surface area contributed by atoms with E-state index in [-0.39, 0.29) is 0 Å². The average Bonchev–Trinajstić information content (AvgIpc) is 2.94. The molecule has 0 spiro atoms. The molecule has 0 saturated heterocycles. The predicted octanol–water partition coefficient (Wildman–Crippen LogP) is -0.995. The summed E-state index contributed by atoms with van der Waals surface area (Å²) in [5.41, 5.74) is 12.1. The maximum Gasteiger partial charge on any atom is 0.320 e. The van der Waals surface area contributed by atoms with Crippen LogP contribution in [0.3, 0.4) is 0 Å². The van der Waals surface area contributed by atoms with Crippen LogP contribution in [0, 0.1) is 6.92 Å². The van der Waals surface area contributed by atoms with Gasteiger partial charge in [-0.25, -0.2) is 9.13 Å². The zero-order valence-corrected chi connectivity index (χ0v) is 16.5. The largest absolute Gasteiger partial charge is 0.550 e. The minimum Gasteiger partial charge on any atom is -0.550 e. The number of carboxylic acids is 3. The number of aryl methyl sites for hydroxylation is 3. The van der Waals surface area contributed by atoms with Crippen molar-refractivity contribution in [3.8, 4) is 0 Å². The molecule has 0 amide bonds. The molecule has 6 N–H and O–H groups in total. The van der Waals surface area contributed by atoms with Crippen LogP contribution in [0.15, 0.2) is 12.5 Å². The molecule has 0 bridgehead atoms. The van der Waals surface area contributed by atoms with Crippen LogP contribution in [0.4, 0.5) is 0 Å². The van der Waals surface area contributed by atoms with Gasteiger partial charge in [0.25, 0.3) is 0 Å². The van der Waals surface area contributed by atoms with Gasteiger partial charge in [0.05, 0.1) is 13.1 Å². The fourth-order valence-electron chi connectivity index (χ4n) is 2.53. The lowest BCUT2D eigenvalue weighted by atomic mass is 10.1. The Labute approximate surface area is 164 Å². The van der Waals surface area contributed by atoms with Crippen LogP contribution in [-0.2, 0) is 27.5 Å². The van der Waals surface area contributed by atoms with E-state index < -0.39 is 30.0 Å². The van der Waals surface area contributed by atoms with Gasteiger partial charge in [0.2, 0.25) is 6.33 Å². The van der Waals surface area contributed by atoms with Crippen LogP contribution in [-0.4, -0.2) is 44.8 Å². The number of unbranched alkanes of at least 4 members (excludes halogenated alkanes) is 2. The molecule has 0 aliphatic carbocycles. The van der Waals surface area contributed by atoms with Gasteiger partial charge in [0, 0.05) is 12.9 Å². The number of carboxylic acid groups (broad SMARTS) is 3. The van der Waals surface area contributed by atoms with Crippen molar-refractivity contribution in [2.24, 2.45) is 11.5 Å². The van der Waals surface area contributed by atoms with E-state index in [1.807, 2.05) is 13.3 Å². The van der Waals surface area contributed by atoms with Gasteiger partial charge in [0.1, 0.15) is 24.0 Å². The Hall–Kier alpha value is -2.46.